The molecule has 0 aliphatic heterocycles. The van der Waals surface area contributed by atoms with Gasteiger partial charge in [-0.05, 0) is 12.5 Å². The van der Waals surface area contributed by atoms with Crippen LogP contribution in [0.15, 0.2) is 24.3 Å². The molecule has 2 nitrogen and oxygen atoms in total. The van der Waals surface area contributed by atoms with Gasteiger partial charge < -0.3 is 5.11 Å². The molecule has 0 saturated heterocycles. The van der Waals surface area contributed by atoms with Crippen molar-refractivity contribution in [2.75, 3.05) is 0 Å². The Morgan fingerprint density at radius 2 is 2.27 bits per heavy atom. The third-order valence-corrected chi connectivity index (χ3v) is 2.10. The van der Waals surface area contributed by atoms with Crippen molar-refractivity contribution in [2.45, 2.75) is 12.8 Å². The van der Waals surface area contributed by atoms with E-state index in [1.165, 1.54) is 12.1 Å². The van der Waals surface area contributed by atoms with Crippen molar-refractivity contribution in [1.82, 2.24) is 0 Å². The second-order valence-electron chi connectivity index (χ2n) is 2.98. The molecular weight excluding hydrogens is 219 g/mol. The van der Waals surface area contributed by atoms with Crippen molar-refractivity contribution >= 4 is 23.6 Å². The van der Waals surface area contributed by atoms with E-state index in [0.29, 0.717) is 12.0 Å². The maximum Gasteiger partial charge on any atom is 0.303 e. The van der Waals surface area contributed by atoms with Gasteiger partial charge in [-0.15, -0.1) is 0 Å². The van der Waals surface area contributed by atoms with Crippen LogP contribution in [0.4, 0.5) is 4.39 Å². The molecule has 0 amide bonds. The van der Waals surface area contributed by atoms with Crippen LogP contribution >= 0.6 is 11.6 Å². The van der Waals surface area contributed by atoms with Gasteiger partial charge in [0.2, 0.25) is 0 Å². The summed E-state index contributed by atoms with van der Waals surface area (Å²) in [6.07, 6.45) is 3.56. The molecule has 0 aromatic heterocycles. The fourth-order valence-corrected chi connectivity index (χ4v) is 1.25. The van der Waals surface area contributed by atoms with E-state index in [4.69, 9.17) is 16.7 Å². The summed E-state index contributed by atoms with van der Waals surface area (Å²) < 4.78 is 13.3. The largest absolute Gasteiger partial charge is 0.481 e. The van der Waals surface area contributed by atoms with Gasteiger partial charge in [0, 0.05) is 12.0 Å². The highest BCUT2D eigenvalue weighted by Gasteiger charge is 2.02. The molecule has 80 valence electrons. The quantitative estimate of drug-likeness (QED) is 0.858. The summed E-state index contributed by atoms with van der Waals surface area (Å²) in [5.41, 5.74) is 0.368. The van der Waals surface area contributed by atoms with E-state index in [-0.39, 0.29) is 11.4 Å². The number of halogens is 2. The minimum absolute atomic E-state index is 0.0404. The van der Waals surface area contributed by atoms with Crippen LogP contribution in [0.3, 0.4) is 0 Å². The molecule has 0 fully saturated rings. The zero-order valence-corrected chi connectivity index (χ0v) is 8.67. The number of carbonyl (C=O) groups is 1. The second-order valence-corrected chi connectivity index (χ2v) is 3.39. The number of carboxylic acid groups (broad SMARTS) is 1. The fourth-order valence-electron chi connectivity index (χ4n) is 1.07. The van der Waals surface area contributed by atoms with Gasteiger partial charge in [0.05, 0.1) is 5.02 Å². The maximum absolute atomic E-state index is 13.3. The molecular formula is C11H10ClFO2. The number of carboxylic acids is 1. The highest BCUT2D eigenvalue weighted by Crippen LogP contribution is 2.18. The smallest absolute Gasteiger partial charge is 0.303 e. The summed E-state index contributed by atoms with van der Waals surface area (Å²) >= 11 is 5.57. The van der Waals surface area contributed by atoms with E-state index < -0.39 is 11.8 Å². The van der Waals surface area contributed by atoms with Crippen molar-refractivity contribution in [1.29, 1.82) is 0 Å². The van der Waals surface area contributed by atoms with Crippen LogP contribution in [0.2, 0.25) is 5.02 Å². The van der Waals surface area contributed by atoms with Gasteiger partial charge in [-0.2, -0.15) is 0 Å². The van der Waals surface area contributed by atoms with Gasteiger partial charge in [0.25, 0.3) is 0 Å². The monoisotopic (exact) mass is 228 g/mol. The molecule has 0 radical (unpaired) electrons. The molecule has 0 aliphatic rings. The van der Waals surface area contributed by atoms with Gasteiger partial charge in [-0.1, -0.05) is 35.9 Å². The van der Waals surface area contributed by atoms with Gasteiger partial charge in [-0.25, -0.2) is 4.39 Å². The van der Waals surface area contributed by atoms with Crippen molar-refractivity contribution in [3.8, 4) is 0 Å². The molecule has 1 aromatic rings. The maximum atomic E-state index is 13.3. The predicted octanol–water partition coefficient (Wildman–Crippen LogP) is 3.36. The van der Waals surface area contributed by atoms with Crippen molar-refractivity contribution < 1.29 is 14.3 Å². The summed E-state index contributed by atoms with van der Waals surface area (Å²) in [6.45, 7) is 0. The number of benzene rings is 1. The van der Waals surface area contributed by atoms with E-state index in [1.54, 1.807) is 18.2 Å². The van der Waals surface area contributed by atoms with E-state index in [0.717, 1.165) is 0 Å². The first-order valence-electron chi connectivity index (χ1n) is 4.43. The second kappa shape index (κ2) is 5.51. The van der Waals surface area contributed by atoms with Crippen LogP contribution in [-0.2, 0) is 4.79 Å². The average Bonchev–Trinajstić information content (AvgIpc) is 2.18. The Bertz CT molecular complexity index is 388. The Kier molecular flexibility index (Phi) is 4.31. The van der Waals surface area contributed by atoms with Crippen molar-refractivity contribution in [2.24, 2.45) is 0 Å². The van der Waals surface area contributed by atoms with Gasteiger partial charge in [0.15, 0.2) is 0 Å². The zero-order valence-electron chi connectivity index (χ0n) is 7.91. The summed E-state index contributed by atoms with van der Waals surface area (Å²) in [6, 6.07) is 4.69. The normalized spacial score (nSPS) is 10.8. The summed E-state index contributed by atoms with van der Waals surface area (Å²) in [7, 11) is 0. The molecule has 0 aliphatic carbocycles. The number of hydrogen-bond donors (Lipinski definition) is 1. The highest BCUT2D eigenvalue weighted by atomic mass is 35.5. The Labute approximate surface area is 92.0 Å². The van der Waals surface area contributed by atoms with Crippen LogP contribution in [0.25, 0.3) is 6.08 Å². The molecule has 0 atom stereocenters. The standard InChI is InChI=1S/C11H10ClFO2/c12-9-6-3-5-8(11(9)13)4-1-2-7-10(14)15/h1,3-6H,2,7H2,(H,14,15). The van der Waals surface area contributed by atoms with E-state index in [1.807, 2.05) is 0 Å². The number of allylic oxidation sites excluding steroid dienone is 1. The predicted molar refractivity (Wildman–Crippen MR) is 57.3 cm³/mol. The Hall–Kier alpha value is -1.35. The first kappa shape index (κ1) is 11.7. The van der Waals surface area contributed by atoms with Gasteiger partial charge in [0.1, 0.15) is 5.82 Å². The highest BCUT2D eigenvalue weighted by molar-refractivity contribution is 6.30. The lowest BCUT2D eigenvalue weighted by atomic mass is 10.2. The Morgan fingerprint density at radius 3 is 2.93 bits per heavy atom. The number of hydrogen-bond acceptors (Lipinski definition) is 1. The van der Waals surface area contributed by atoms with E-state index in [2.05, 4.69) is 0 Å². The molecule has 0 saturated carbocycles. The van der Waals surface area contributed by atoms with Crippen molar-refractivity contribution in [3.63, 3.8) is 0 Å². The summed E-state index contributed by atoms with van der Waals surface area (Å²) in [5.74, 6) is -1.35. The Balaban J connectivity index is 2.64. The topological polar surface area (TPSA) is 37.3 Å². The van der Waals surface area contributed by atoms with E-state index in [9.17, 15) is 9.18 Å². The van der Waals surface area contributed by atoms with Crippen LogP contribution < -0.4 is 0 Å². The van der Waals surface area contributed by atoms with E-state index >= 15 is 0 Å². The number of rotatable bonds is 4. The molecule has 4 heteroatoms. The molecule has 0 bridgehead atoms. The molecule has 1 rings (SSSR count). The molecule has 0 heterocycles. The van der Waals surface area contributed by atoms with Crippen LogP contribution in [0, 0.1) is 5.82 Å². The Morgan fingerprint density at radius 1 is 1.53 bits per heavy atom. The minimum atomic E-state index is -0.869. The zero-order chi connectivity index (χ0) is 11.3. The van der Waals surface area contributed by atoms with Crippen LogP contribution in [0.5, 0.6) is 0 Å². The van der Waals surface area contributed by atoms with Gasteiger partial charge >= 0.3 is 5.97 Å². The fraction of sp³-hybridized carbons (Fsp3) is 0.182. The third-order valence-electron chi connectivity index (χ3n) is 1.80. The SMILES string of the molecule is O=C(O)CCC=Cc1cccc(Cl)c1F. The third kappa shape index (κ3) is 3.72. The first-order chi connectivity index (χ1) is 7.11. The van der Waals surface area contributed by atoms with Crippen molar-refractivity contribution in [3.05, 3.63) is 40.7 Å². The van der Waals surface area contributed by atoms with Crippen LogP contribution in [0.1, 0.15) is 18.4 Å². The summed E-state index contributed by atoms with van der Waals surface area (Å²) in [4.78, 5) is 10.2. The molecule has 1 N–H and O–H groups in total. The number of aliphatic carboxylic acids is 1. The average molecular weight is 229 g/mol. The minimum Gasteiger partial charge on any atom is -0.481 e. The molecule has 1 aromatic carbocycles. The van der Waals surface area contributed by atoms with Gasteiger partial charge in [-0.3, -0.25) is 4.79 Å². The summed E-state index contributed by atoms with van der Waals surface area (Å²) in [5, 5.41) is 8.45. The lowest BCUT2D eigenvalue weighted by molar-refractivity contribution is -0.136. The lowest BCUT2D eigenvalue weighted by Crippen LogP contribution is -1.91. The first-order valence-corrected chi connectivity index (χ1v) is 4.81. The molecule has 0 spiro atoms. The molecule has 0 unspecified atom stereocenters. The molecule has 15 heavy (non-hydrogen) atoms. The lowest BCUT2D eigenvalue weighted by Gasteiger charge is -1.97. The van der Waals surface area contributed by atoms with Crippen LogP contribution in [-0.4, -0.2) is 11.1 Å².